The van der Waals surface area contributed by atoms with Gasteiger partial charge in [0.2, 0.25) is 20.0 Å². The Morgan fingerprint density at radius 1 is 0.933 bits per heavy atom. The summed E-state index contributed by atoms with van der Waals surface area (Å²) in [5, 5.41) is -0.0657. The Bertz CT molecular complexity index is 1160. The van der Waals surface area contributed by atoms with Crippen molar-refractivity contribution in [3.05, 3.63) is 58.9 Å². The van der Waals surface area contributed by atoms with E-state index in [2.05, 4.69) is 4.74 Å². The molecule has 12 heteroatoms. The summed E-state index contributed by atoms with van der Waals surface area (Å²) in [5.74, 6) is -1.27. The van der Waals surface area contributed by atoms with E-state index in [0.717, 1.165) is 38.9 Å². The SMILES string of the molecule is COC(=O)c1ccc(Cl)c(S(=O)(=O)N2CCN(S(=O)(=O)c3ccc(F)cc3)CC2)c1. The molecule has 0 aromatic heterocycles. The van der Waals surface area contributed by atoms with Crippen LogP contribution in [0, 0.1) is 5.82 Å². The topological polar surface area (TPSA) is 101 Å². The molecule has 8 nitrogen and oxygen atoms in total. The van der Waals surface area contributed by atoms with Crippen molar-refractivity contribution in [2.24, 2.45) is 0 Å². The lowest BCUT2D eigenvalue weighted by atomic mass is 10.2. The molecular formula is C18H18ClFN2O6S2. The van der Waals surface area contributed by atoms with E-state index in [4.69, 9.17) is 11.6 Å². The zero-order valence-electron chi connectivity index (χ0n) is 15.8. The second-order valence-corrected chi connectivity index (χ2v) is 10.7. The highest BCUT2D eigenvalue weighted by Crippen LogP contribution is 2.28. The van der Waals surface area contributed by atoms with Crippen LogP contribution in [0.15, 0.2) is 52.3 Å². The smallest absolute Gasteiger partial charge is 0.337 e. The summed E-state index contributed by atoms with van der Waals surface area (Å²) in [7, 11) is -6.79. The van der Waals surface area contributed by atoms with Crippen LogP contribution in [-0.2, 0) is 24.8 Å². The molecule has 1 saturated heterocycles. The third-order valence-electron chi connectivity index (χ3n) is 4.62. The van der Waals surface area contributed by atoms with Crippen LogP contribution in [0.3, 0.4) is 0 Å². The Morgan fingerprint density at radius 3 is 2.00 bits per heavy atom. The summed E-state index contributed by atoms with van der Waals surface area (Å²) in [6, 6.07) is 8.17. The Morgan fingerprint density at radius 2 is 1.47 bits per heavy atom. The molecule has 2 aromatic carbocycles. The zero-order chi connectivity index (χ0) is 22.1. The Hall–Kier alpha value is -2.05. The molecule has 0 bridgehead atoms. The first-order valence-corrected chi connectivity index (χ1v) is 12.0. The molecule has 30 heavy (non-hydrogen) atoms. The van der Waals surface area contributed by atoms with Crippen LogP contribution in [0.5, 0.6) is 0 Å². The number of esters is 1. The lowest BCUT2D eigenvalue weighted by Gasteiger charge is -2.33. The van der Waals surface area contributed by atoms with Gasteiger partial charge in [0.15, 0.2) is 0 Å². The van der Waals surface area contributed by atoms with E-state index in [-0.39, 0.29) is 46.6 Å². The number of carbonyl (C=O) groups is 1. The molecule has 0 atom stereocenters. The molecule has 0 radical (unpaired) electrons. The number of carbonyl (C=O) groups excluding carboxylic acids is 1. The first-order valence-electron chi connectivity index (χ1n) is 8.71. The molecule has 1 fully saturated rings. The van der Waals surface area contributed by atoms with Crippen LogP contribution in [0.25, 0.3) is 0 Å². The molecule has 3 rings (SSSR count). The van der Waals surface area contributed by atoms with Gasteiger partial charge in [0.05, 0.1) is 22.6 Å². The van der Waals surface area contributed by atoms with E-state index in [9.17, 15) is 26.0 Å². The molecule has 1 aliphatic heterocycles. The molecule has 0 spiro atoms. The van der Waals surface area contributed by atoms with Gasteiger partial charge in [-0.1, -0.05) is 11.6 Å². The summed E-state index contributed by atoms with van der Waals surface area (Å²) >= 11 is 6.05. The van der Waals surface area contributed by atoms with Crippen LogP contribution >= 0.6 is 11.6 Å². The number of benzene rings is 2. The number of halogens is 2. The van der Waals surface area contributed by atoms with Crippen molar-refractivity contribution in [1.82, 2.24) is 8.61 Å². The molecule has 162 valence electrons. The second kappa shape index (κ2) is 8.60. The summed E-state index contributed by atoms with van der Waals surface area (Å²) < 4.78 is 71.3. The van der Waals surface area contributed by atoms with Crippen molar-refractivity contribution < 1.29 is 30.8 Å². The van der Waals surface area contributed by atoms with Gasteiger partial charge in [0.25, 0.3) is 0 Å². The lowest BCUT2D eigenvalue weighted by molar-refractivity contribution is 0.0600. The summed E-state index contributed by atoms with van der Waals surface area (Å²) in [4.78, 5) is 11.4. The molecule has 1 aliphatic rings. The fourth-order valence-corrected chi connectivity index (χ4v) is 6.34. The molecule has 0 amide bonds. The van der Waals surface area contributed by atoms with Crippen molar-refractivity contribution in [3.63, 3.8) is 0 Å². The number of sulfonamides is 2. The summed E-state index contributed by atoms with van der Waals surface area (Å²) in [6.07, 6.45) is 0. The Kier molecular flexibility index (Phi) is 6.48. The minimum atomic E-state index is -4.07. The minimum Gasteiger partial charge on any atom is -0.465 e. The summed E-state index contributed by atoms with van der Waals surface area (Å²) in [6.45, 7) is -0.399. The third kappa shape index (κ3) is 4.35. The average molecular weight is 477 g/mol. The van der Waals surface area contributed by atoms with E-state index in [1.54, 1.807) is 0 Å². The monoisotopic (exact) mass is 476 g/mol. The number of piperazine rings is 1. The first kappa shape index (κ1) is 22.6. The molecule has 2 aromatic rings. The highest BCUT2D eigenvalue weighted by molar-refractivity contribution is 7.89. The number of hydrogen-bond acceptors (Lipinski definition) is 6. The van der Waals surface area contributed by atoms with E-state index in [1.165, 1.54) is 19.2 Å². The van der Waals surface area contributed by atoms with Crippen LogP contribution in [0.1, 0.15) is 10.4 Å². The lowest BCUT2D eigenvalue weighted by Crippen LogP contribution is -2.50. The maximum Gasteiger partial charge on any atom is 0.337 e. The van der Waals surface area contributed by atoms with Gasteiger partial charge in [-0.05, 0) is 42.5 Å². The zero-order valence-corrected chi connectivity index (χ0v) is 18.2. The molecule has 0 aliphatic carbocycles. The number of ether oxygens (including phenoxy) is 1. The Balaban J connectivity index is 1.80. The summed E-state index contributed by atoms with van der Waals surface area (Å²) in [5.41, 5.74) is 0.0259. The van der Waals surface area contributed by atoms with Gasteiger partial charge in [-0.3, -0.25) is 0 Å². The van der Waals surface area contributed by atoms with Gasteiger partial charge >= 0.3 is 5.97 Å². The largest absolute Gasteiger partial charge is 0.465 e. The quantitative estimate of drug-likeness (QED) is 0.611. The predicted molar refractivity (Wildman–Crippen MR) is 107 cm³/mol. The highest BCUT2D eigenvalue weighted by Gasteiger charge is 2.35. The molecular weight excluding hydrogens is 459 g/mol. The predicted octanol–water partition coefficient (Wildman–Crippen LogP) is 1.96. The van der Waals surface area contributed by atoms with Crippen LogP contribution < -0.4 is 0 Å². The normalized spacial score (nSPS) is 16.4. The van der Waals surface area contributed by atoms with Crippen molar-refractivity contribution in [2.45, 2.75) is 9.79 Å². The van der Waals surface area contributed by atoms with Crippen molar-refractivity contribution in [2.75, 3.05) is 33.3 Å². The molecule has 0 saturated carbocycles. The second-order valence-electron chi connectivity index (χ2n) is 6.40. The third-order valence-corrected chi connectivity index (χ3v) is 8.91. The van der Waals surface area contributed by atoms with Gasteiger partial charge in [0, 0.05) is 26.2 Å². The molecule has 0 unspecified atom stereocenters. The van der Waals surface area contributed by atoms with Gasteiger partial charge in [0.1, 0.15) is 10.7 Å². The number of hydrogen-bond donors (Lipinski definition) is 0. The number of nitrogens with zero attached hydrogens (tertiary/aromatic N) is 2. The van der Waals surface area contributed by atoms with Gasteiger partial charge < -0.3 is 4.74 Å². The van der Waals surface area contributed by atoms with Crippen molar-refractivity contribution in [1.29, 1.82) is 0 Å². The maximum absolute atomic E-state index is 13.1. The van der Waals surface area contributed by atoms with E-state index >= 15 is 0 Å². The number of methoxy groups -OCH3 is 1. The van der Waals surface area contributed by atoms with Gasteiger partial charge in [-0.25, -0.2) is 26.0 Å². The average Bonchev–Trinajstić information content (AvgIpc) is 2.73. The maximum atomic E-state index is 13.1. The number of rotatable bonds is 5. The highest BCUT2D eigenvalue weighted by atomic mass is 35.5. The molecule has 0 N–H and O–H groups in total. The van der Waals surface area contributed by atoms with Crippen LogP contribution in [-0.4, -0.2) is 64.7 Å². The first-order chi connectivity index (χ1) is 14.1. The van der Waals surface area contributed by atoms with Crippen LogP contribution in [0.2, 0.25) is 5.02 Å². The minimum absolute atomic E-state index is 0.0259. The Labute approximate surface area is 178 Å². The van der Waals surface area contributed by atoms with Gasteiger partial charge in [-0.2, -0.15) is 8.61 Å². The van der Waals surface area contributed by atoms with E-state index in [1.807, 2.05) is 0 Å². The fraction of sp³-hybridized carbons (Fsp3) is 0.278. The van der Waals surface area contributed by atoms with Crippen LogP contribution in [0.4, 0.5) is 4.39 Å². The standard InChI is InChI=1S/C18H18ClFN2O6S2/c1-28-18(23)13-2-7-16(19)17(12-13)30(26,27)22-10-8-21(9-11-22)29(24,25)15-5-3-14(20)4-6-15/h2-7,12H,8-11H2,1H3. The van der Waals surface area contributed by atoms with Gasteiger partial charge in [-0.15, -0.1) is 0 Å². The van der Waals surface area contributed by atoms with Crippen molar-refractivity contribution in [3.8, 4) is 0 Å². The van der Waals surface area contributed by atoms with E-state index < -0.39 is 31.8 Å². The fourth-order valence-electron chi connectivity index (χ4n) is 2.99. The van der Waals surface area contributed by atoms with E-state index in [0.29, 0.717) is 0 Å². The molecule has 1 heterocycles. The van der Waals surface area contributed by atoms with Crippen molar-refractivity contribution >= 4 is 37.6 Å².